The number of anilines is 1. The number of para-hydroxylation sites is 1. The van der Waals surface area contributed by atoms with Crippen LogP contribution < -0.4 is 11.1 Å². The number of rotatable bonds is 3. The van der Waals surface area contributed by atoms with Gasteiger partial charge >= 0.3 is 5.97 Å². The van der Waals surface area contributed by atoms with Gasteiger partial charge in [-0.15, -0.1) is 0 Å². The van der Waals surface area contributed by atoms with Crippen molar-refractivity contribution in [3.8, 4) is 0 Å². The minimum atomic E-state index is -0.905. The minimum Gasteiger partial charge on any atom is -0.481 e. The molecule has 0 bridgehead atoms. The van der Waals surface area contributed by atoms with Crippen LogP contribution in [0.2, 0.25) is 0 Å². The summed E-state index contributed by atoms with van der Waals surface area (Å²) < 4.78 is 0. The fourth-order valence-corrected chi connectivity index (χ4v) is 2.76. The van der Waals surface area contributed by atoms with Crippen LogP contribution in [-0.4, -0.2) is 23.0 Å². The summed E-state index contributed by atoms with van der Waals surface area (Å²) in [6.45, 7) is 1.70. The fourth-order valence-electron chi connectivity index (χ4n) is 2.76. The normalized spacial score (nSPS) is 25.9. The highest BCUT2D eigenvalue weighted by atomic mass is 16.4. The SMILES string of the molecule is CC1(C(=O)O)CCCCC1NC(=O)c1ccccc1N. The molecule has 0 spiro atoms. The van der Waals surface area contributed by atoms with Gasteiger partial charge in [0.05, 0.1) is 11.0 Å². The first-order chi connectivity index (χ1) is 9.45. The average molecular weight is 276 g/mol. The van der Waals surface area contributed by atoms with Crippen LogP contribution in [0.15, 0.2) is 24.3 Å². The lowest BCUT2D eigenvalue weighted by Crippen LogP contribution is -2.52. The fraction of sp³-hybridized carbons (Fsp3) is 0.467. The van der Waals surface area contributed by atoms with E-state index in [4.69, 9.17) is 5.73 Å². The zero-order valence-corrected chi connectivity index (χ0v) is 11.6. The van der Waals surface area contributed by atoms with Crippen molar-refractivity contribution in [2.75, 3.05) is 5.73 Å². The maximum atomic E-state index is 12.3. The third-order valence-electron chi connectivity index (χ3n) is 4.21. The molecule has 4 N–H and O–H groups in total. The molecule has 0 radical (unpaired) electrons. The van der Waals surface area contributed by atoms with Gasteiger partial charge in [0.25, 0.3) is 5.91 Å². The van der Waals surface area contributed by atoms with Crippen molar-refractivity contribution in [3.63, 3.8) is 0 Å². The largest absolute Gasteiger partial charge is 0.481 e. The van der Waals surface area contributed by atoms with E-state index < -0.39 is 11.4 Å². The summed E-state index contributed by atoms with van der Waals surface area (Å²) >= 11 is 0. The zero-order valence-electron chi connectivity index (χ0n) is 11.6. The topological polar surface area (TPSA) is 92.4 Å². The minimum absolute atomic E-state index is 0.303. The number of hydrogen-bond acceptors (Lipinski definition) is 3. The Morgan fingerprint density at radius 3 is 2.70 bits per heavy atom. The number of nitrogens with one attached hydrogen (secondary N) is 1. The van der Waals surface area contributed by atoms with E-state index in [1.807, 2.05) is 0 Å². The van der Waals surface area contributed by atoms with E-state index in [0.717, 1.165) is 12.8 Å². The standard InChI is InChI=1S/C15H20N2O3/c1-15(14(19)20)9-5-4-8-12(15)17-13(18)10-6-2-3-7-11(10)16/h2-3,6-7,12H,4-5,8-9,16H2,1H3,(H,17,18)(H,19,20). The van der Waals surface area contributed by atoms with Crippen LogP contribution in [0.5, 0.6) is 0 Å². The first-order valence-electron chi connectivity index (χ1n) is 6.84. The molecule has 2 atom stereocenters. The molecule has 108 valence electrons. The van der Waals surface area contributed by atoms with E-state index in [-0.39, 0.29) is 11.9 Å². The second kappa shape index (κ2) is 5.53. The van der Waals surface area contributed by atoms with Gasteiger partial charge in [0.1, 0.15) is 0 Å². The molecule has 0 heterocycles. The molecule has 0 aliphatic heterocycles. The first kappa shape index (κ1) is 14.4. The summed E-state index contributed by atoms with van der Waals surface area (Å²) in [4.78, 5) is 23.8. The summed E-state index contributed by atoms with van der Waals surface area (Å²) in [6.07, 6.45) is 3.07. The number of hydrogen-bond donors (Lipinski definition) is 3. The maximum absolute atomic E-state index is 12.3. The van der Waals surface area contributed by atoms with Crippen LogP contribution in [0.4, 0.5) is 5.69 Å². The van der Waals surface area contributed by atoms with Crippen molar-refractivity contribution in [2.45, 2.75) is 38.6 Å². The second-order valence-electron chi connectivity index (χ2n) is 5.58. The van der Waals surface area contributed by atoms with Crippen molar-refractivity contribution >= 4 is 17.6 Å². The number of aliphatic carboxylic acids is 1. The lowest BCUT2D eigenvalue weighted by Gasteiger charge is -2.38. The molecule has 20 heavy (non-hydrogen) atoms. The van der Waals surface area contributed by atoms with Crippen LogP contribution in [0, 0.1) is 5.41 Å². The van der Waals surface area contributed by atoms with Gasteiger partial charge in [-0.25, -0.2) is 0 Å². The summed E-state index contributed by atoms with van der Waals surface area (Å²) in [7, 11) is 0. The van der Waals surface area contributed by atoms with E-state index in [1.54, 1.807) is 31.2 Å². The Balaban J connectivity index is 2.18. The molecule has 1 aromatic rings. The number of benzene rings is 1. The van der Waals surface area contributed by atoms with Crippen molar-refractivity contribution < 1.29 is 14.7 Å². The zero-order chi connectivity index (χ0) is 14.8. The lowest BCUT2D eigenvalue weighted by atomic mass is 9.71. The Kier molecular flexibility index (Phi) is 3.97. The molecule has 2 unspecified atom stereocenters. The Morgan fingerprint density at radius 2 is 2.05 bits per heavy atom. The van der Waals surface area contributed by atoms with Gasteiger partial charge < -0.3 is 16.2 Å². The van der Waals surface area contributed by atoms with Gasteiger partial charge in [0.15, 0.2) is 0 Å². The smallest absolute Gasteiger partial charge is 0.311 e. The van der Waals surface area contributed by atoms with E-state index in [0.29, 0.717) is 24.1 Å². The monoisotopic (exact) mass is 276 g/mol. The Bertz CT molecular complexity index is 530. The van der Waals surface area contributed by atoms with Gasteiger partial charge in [0.2, 0.25) is 0 Å². The molecule has 1 fully saturated rings. The van der Waals surface area contributed by atoms with Crippen LogP contribution >= 0.6 is 0 Å². The molecular formula is C15H20N2O3. The number of nitrogens with two attached hydrogens (primary N) is 1. The highest BCUT2D eigenvalue weighted by Crippen LogP contribution is 2.36. The number of carboxylic acids is 1. The number of amides is 1. The lowest BCUT2D eigenvalue weighted by molar-refractivity contribution is -0.151. The predicted octanol–water partition coefficient (Wildman–Crippen LogP) is 2.03. The van der Waals surface area contributed by atoms with E-state index in [1.165, 1.54) is 0 Å². The molecule has 1 amide bonds. The van der Waals surface area contributed by atoms with E-state index in [2.05, 4.69) is 5.32 Å². The number of carboxylic acid groups (broad SMARTS) is 1. The van der Waals surface area contributed by atoms with Gasteiger partial charge in [0, 0.05) is 11.7 Å². The van der Waals surface area contributed by atoms with Crippen LogP contribution in [0.25, 0.3) is 0 Å². The number of carbonyl (C=O) groups excluding carboxylic acids is 1. The predicted molar refractivity (Wildman–Crippen MR) is 76.3 cm³/mol. The molecule has 5 heteroatoms. The molecule has 5 nitrogen and oxygen atoms in total. The Hall–Kier alpha value is -2.04. The molecular weight excluding hydrogens is 256 g/mol. The molecule has 1 aliphatic rings. The average Bonchev–Trinajstić information content (AvgIpc) is 2.41. The number of nitrogen functional groups attached to an aromatic ring is 1. The summed E-state index contributed by atoms with van der Waals surface area (Å²) in [5, 5.41) is 12.3. The third kappa shape index (κ3) is 2.61. The highest BCUT2D eigenvalue weighted by molar-refractivity contribution is 5.99. The van der Waals surface area contributed by atoms with Gasteiger partial charge in [-0.05, 0) is 31.9 Å². The van der Waals surface area contributed by atoms with Crippen LogP contribution in [0.1, 0.15) is 43.0 Å². The molecule has 0 aromatic heterocycles. The molecule has 0 saturated heterocycles. The first-order valence-corrected chi connectivity index (χ1v) is 6.84. The van der Waals surface area contributed by atoms with Gasteiger partial charge in [-0.1, -0.05) is 25.0 Å². The summed E-state index contributed by atoms with van der Waals surface area (Å²) in [5.74, 6) is -1.16. The molecule has 1 aromatic carbocycles. The Morgan fingerprint density at radius 1 is 1.35 bits per heavy atom. The van der Waals surface area contributed by atoms with Crippen LogP contribution in [-0.2, 0) is 4.79 Å². The van der Waals surface area contributed by atoms with Gasteiger partial charge in [-0.2, -0.15) is 0 Å². The molecule has 1 aliphatic carbocycles. The molecule has 1 saturated carbocycles. The Labute approximate surface area is 118 Å². The van der Waals surface area contributed by atoms with Crippen molar-refractivity contribution in [2.24, 2.45) is 5.41 Å². The summed E-state index contributed by atoms with van der Waals surface area (Å²) in [6, 6.07) is 6.44. The van der Waals surface area contributed by atoms with E-state index in [9.17, 15) is 14.7 Å². The third-order valence-corrected chi connectivity index (χ3v) is 4.21. The van der Waals surface area contributed by atoms with Crippen molar-refractivity contribution in [1.82, 2.24) is 5.32 Å². The van der Waals surface area contributed by atoms with Crippen molar-refractivity contribution in [1.29, 1.82) is 0 Å². The van der Waals surface area contributed by atoms with Crippen LogP contribution in [0.3, 0.4) is 0 Å². The quantitative estimate of drug-likeness (QED) is 0.736. The second-order valence-corrected chi connectivity index (χ2v) is 5.58. The molecule has 2 rings (SSSR count). The number of carbonyl (C=O) groups is 2. The van der Waals surface area contributed by atoms with E-state index >= 15 is 0 Å². The summed E-state index contributed by atoms with van der Waals surface area (Å²) in [5.41, 5.74) is 5.67. The van der Waals surface area contributed by atoms with Crippen molar-refractivity contribution in [3.05, 3.63) is 29.8 Å². The highest BCUT2D eigenvalue weighted by Gasteiger charge is 2.43. The van der Waals surface area contributed by atoms with Gasteiger partial charge in [-0.3, -0.25) is 9.59 Å². The maximum Gasteiger partial charge on any atom is 0.311 e.